The molecule has 0 spiro atoms. The zero-order chi connectivity index (χ0) is 23.7. The highest BCUT2D eigenvalue weighted by Crippen LogP contribution is 2.39. The predicted octanol–water partition coefficient (Wildman–Crippen LogP) is 3.99. The first kappa shape index (κ1) is 25.1. The number of aliphatic hydroxyl groups is 1. The Morgan fingerprint density at radius 1 is 1.34 bits per heavy atom. The van der Waals surface area contributed by atoms with Crippen molar-refractivity contribution in [1.82, 2.24) is 15.0 Å². The average molecular weight is 500 g/mol. The van der Waals surface area contributed by atoms with Gasteiger partial charge in [0.25, 0.3) is 5.91 Å². The third kappa shape index (κ3) is 6.29. The highest BCUT2D eigenvalue weighted by Gasteiger charge is 2.26. The number of sulfonamides is 1. The molecular weight excluding hydrogens is 470 g/mol. The summed E-state index contributed by atoms with van der Waals surface area (Å²) in [6.07, 6.45) is 4.20. The normalized spacial score (nSPS) is 15.1. The van der Waals surface area contributed by atoms with Crippen molar-refractivity contribution >= 4 is 38.9 Å². The topological polar surface area (TPSA) is 108 Å². The largest absolute Gasteiger partial charge is 0.389 e. The Morgan fingerprint density at radius 3 is 2.56 bits per heavy atom. The molecule has 32 heavy (non-hydrogen) atoms. The molecule has 0 bridgehead atoms. The van der Waals surface area contributed by atoms with E-state index in [1.807, 2.05) is 0 Å². The summed E-state index contributed by atoms with van der Waals surface area (Å²) in [6, 6.07) is 4.39. The van der Waals surface area contributed by atoms with E-state index in [9.17, 15) is 18.3 Å². The van der Waals surface area contributed by atoms with Crippen LogP contribution < -0.4 is 10.0 Å². The number of hydrogen-bond donors (Lipinski definition) is 3. The molecule has 1 fully saturated rings. The molecule has 0 saturated heterocycles. The van der Waals surface area contributed by atoms with E-state index in [0.29, 0.717) is 21.5 Å². The van der Waals surface area contributed by atoms with Gasteiger partial charge in [-0.1, -0.05) is 36.9 Å². The van der Waals surface area contributed by atoms with E-state index in [-0.39, 0.29) is 23.4 Å². The number of benzene rings is 1. The molecule has 0 atom stereocenters. The van der Waals surface area contributed by atoms with Crippen LogP contribution >= 0.6 is 22.9 Å². The van der Waals surface area contributed by atoms with Gasteiger partial charge in [0.15, 0.2) is 5.01 Å². The molecule has 176 valence electrons. The molecule has 1 aliphatic rings. The molecule has 2 aromatic rings. The lowest BCUT2D eigenvalue weighted by Gasteiger charge is -2.24. The Morgan fingerprint density at radius 2 is 2.03 bits per heavy atom. The first-order chi connectivity index (χ1) is 14.9. The molecule has 10 heteroatoms. The summed E-state index contributed by atoms with van der Waals surface area (Å²) in [5, 5.41) is 13.2. The van der Waals surface area contributed by atoms with Crippen molar-refractivity contribution in [3.8, 4) is 10.4 Å². The van der Waals surface area contributed by atoms with Crippen LogP contribution in [0.15, 0.2) is 23.1 Å². The third-order valence-corrected chi connectivity index (χ3v) is 8.26. The highest BCUT2D eigenvalue weighted by atomic mass is 35.5. The van der Waals surface area contributed by atoms with E-state index < -0.39 is 15.6 Å². The monoisotopic (exact) mass is 499 g/mol. The zero-order valence-corrected chi connectivity index (χ0v) is 21.1. The van der Waals surface area contributed by atoms with Crippen molar-refractivity contribution in [2.24, 2.45) is 5.92 Å². The van der Waals surface area contributed by atoms with Crippen LogP contribution in [0, 0.1) is 5.92 Å². The van der Waals surface area contributed by atoms with Gasteiger partial charge in [0.2, 0.25) is 10.0 Å². The van der Waals surface area contributed by atoms with Crippen LogP contribution in [0.1, 0.15) is 62.5 Å². The first-order valence-corrected chi connectivity index (χ1v) is 13.4. The lowest BCUT2D eigenvalue weighted by molar-refractivity contribution is 0.0694. The number of carbonyl (C=O) groups excluding carboxylic acids is 1. The van der Waals surface area contributed by atoms with Gasteiger partial charge >= 0.3 is 0 Å². The third-order valence-electron chi connectivity index (χ3n) is 5.17. The number of rotatable bonds is 9. The molecule has 1 amide bonds. The van der Waals surface area contributed by atoms with Crippen molar-refractivity contribution in [1.29, 1.82) is 0 Å². The summed E-state index contributed by atoms with van der Waals surface area (Å²) in [5.41, 5.74) is 0.425. The lowest BCUT2D eigenvalue weighted by Crippen LogP contribution is -2.38. The minimum atomic E-state index is -3.67. The van der Waals surface area contributed by atoms with Crippen LogP contribution in [0.5, 0.6) is 0 Å². The molecule has 1 heterocycles. The molecule has 0 radical (unpaired) electrons. The first-order valence-electron chi connectivity index (χ1n) is 10.7. The minimum absolute atomic E-state index is 0.0909. The second kappa shape index (κ2) is 9.77. The van der Waals surface area contributed by atoms with Crippen molar-refractivity contribution in [2.45, 2.75) is 69.9 Å². The molecule has 0 aliphatic heterocycles. The maximum Gasteiger partial charge on any atom is 0.280 e. The Bertz CT molecular complexity index is 1090. The predicted molar refractivity (Wildman–Crippen MR) is 128 cm³/mol. The van der Waals surface area contributed by atoms with E-state index in [0.717, 1.165) is 29.8 Å². The summed E-state index contributed by atoms with van der Waals surface area (Å²) in [5.74, 6) is 0.173. The molecule has 0 unspecified atom stereocenters. The quantitative estimate of drug-likeness (QED) is 0.483. The number of carbonyl (C=O) groups is 1. The Labute approximate surface area is 198 Å². The molecule has 3 rings (SSSR count). The Balaban J connectivity index is 1.94. The fraction of sp³-hybridized carbons (Fsp3) is 0.545. The number of nitrogens with zero attached hydrogens (tertiary/aromatic N) is 1. The van der Waals surface area contributed by atoms with Crippen molar-refractivity contribution < 1.29 is 18.3 Å². The molecule has 3 N–H and O–H groups in total. The van der Waals surface area contributed by atoms with E-state index in [2.05, 4.69) is 15.0 Å². The summed E-state index contributed by atoms with van der Waals surface area (Å²) >= 11 is 7.76. The number of aromatic nitrogens is 1. The minimum Gasteiger partial charge on any atom is -0.389 e. The van der Waals surface area contributed by atoms with E-state index in [1.54, 1.807) is 33.8 Å². The number of nitrogens with one attached hydrogen (secondary N) is 2. The molecular formula is C22H30ClN3O4S2. The standard InChI is InChI=1S/C22H30ClN3O4S2/c1-13(2)26-32(29,30)15-8-9-16(17(23)11-15)19-18(10-14-6-5-7-14)25-21(31-19)20(27)24-12-22(3,4)28/h8-9,11,13-14,26,28H,5-7,10,12H2,1-4H3,(H,24,27). The second-order valence-corrected chi connectivity index (χ2v) is 12.3. The van der Waals surface area contributed by atoms with Crippen LogP contribution in [-0.2, 0) is 16.4 Å². The van der Waals surface area contributed by atoms with Gasteiger partial charge in [-0.05, 0) is 52.2 Å². The van der Waals surface area contributed by atoms with Crippen LogP contribution in [-0.4, -0.2) is 42.6 Å². The Hall–Kier alpha value is -1.52. The van der Waals surface area contributed by atoms with Gasteiger partial charge in [0.05, 0.1) is 26.1 Å². The number of halogens is 1. The van der Waals surface area contributed by atoms with Crippen LogP contribution in [0.25, 0.3) is 10.4 Å². The van der Waals surface area contributed by atoms with E-state index in [4.69, 9.17) is 11.6 Å². The number of amides is 1. The zero-order valence-electron chi connectivity index (χ0n) is 18.7. The molecule has 1 aromatic carbocycles. The maximum atomic E-state index is 12.6. The van der Waals surface area contributed by atoms with Crippen LogP contribution in [0.3, 0.4) is 0 Å². The highest BCUT2D eigenvalue weighted by molar-refractivity contribution is 7.89. The van der Waals surface area contributed by atoms with Crippen molar-refractivity contribution in [2.75, 3.05) is 6.54 Å². The van der Waals surface area contributed by atoms with Gasteiger partial charge in [-0.25, -0.2) is 18.1 Å². The molecule has 1 aliphatic carbocycles. The fourth-order valence-electron chi connectivity index (χ4n) is 3.37. The summed E-state index contributed by atoms with van der Waals surface area (Å²) in [6.45, 7) is 6.84. The fourth-order valence-corrected chi connectivity index (χ4v) is 6.09. The van der Waals surface area contributed by atoms with Crippen LogP contribution in [0.2, 0.25) is 5.02 Å². The lowest BCUT2D eigenvalue weighted by atomic mass is 9.82. The maximum absolute atomic E-state index is 12.6. The second-order valence-electron chi connectivity index (χ2n) is 9.21. The Kier molecular flexibility index (Phi) is 7.66. The van der Waals surface area contributed by atoms with Gasteiger partial charge in [0, 0.05) is 18.2 Å². The van der Waals surface area contributed by atoms with E-state index >= 15 is 0 Å². The molecule has 1 aromatic heterocycles. The smallest absolute Gasteiger partial charge is 0.280 e. The van der Waals surface area contributed by atoms with E-state index in [1.165, 1.54) is 29.9 Å². The van der Waals surface area contributed by atoms with Gasteiger partial charge in [-0.15, -0.1) is 11.3 Å². The number of thiazole rings is 1. The van der Waals surface area contributed by atoms with Gasteiger partial charge < -0.3 is 10.4 Å². The van der Waals surface area contributed by atoms with Crippen LogP contribution in [0.4, 0.5) is 0 Å². The SMILES string of the molecule is CC(C)NS(=O)(=O)c1ccc(-c2sc(C(=O)NCC(C)(C)O)nc2CC2CCC2)c(Cl)c1. The number of hydrogen-bond acceptors (Lipinski definition) is 6. The molecule has 1 saturated carbocycles. The van der Waals surface area contributed by atoms with Crippen molar-refractivity contribution in [3.63, 3.8) is 0 Å². The van der Waals surface area contributed by atoms with Crippen molar-refractivity contribution in [3.05, 3.63) is 33.9 Å². The van der Waals surface area contributed by atoms with Gasteiger partial charge in [-0.3, -0.25) is 4.79 Å². The summed E-state index contributed by atoms with van der Waals surface area (Å²) < 4.78 is 27.5. The summed E-state index contributed by atoms with van der Waals surface area (Å²) in [7, 11) is -3.67. The van der Waals surface area contributed by atoms with Gasteiger partial charge in [-0.2, -0.15) is 0 Å². The molecule has 7 nitrogen and oxygen atoms in total. The van der Waals surface area contributed by atoms with Gasteiger partial charge in [0.1, 0.15) is 0 Å². The average Bonchev–Trinajstić information content (AvgIpc) is 3.05. The summed E-state index contributed by atoms with van der Waals surface area (Å²) in [4.78, 5) is 18.1.